The van der Waals surface area contributed by atoms with E-state index in [1.54, 1.807) is 24.3 Å². The minimum atomic E-state index is -1.15. The molecule has 2 aliphatic rings. The highest BCUT2D eigenvalue weighted by molar-refractivity contribution is 8.02. The number of rotatable bonds is 5. The van der Waals surface area contributed by atoms with Crippen LogP contribution in [0.15, 0.2) is 47.4 Å². The van der Waals surface area contributed by atoms with Crippen molar-refractivity contribution in [1.29, 1.82) is 0 Å². The third kappa shape index (κ3) is 3.42. The summed E-state index contributed by atoms with van der Waals surface area (Å²) in [6, 6.07) is 12.1. The Hall–Kier alpha value is -2.71. The summed E-state index contributed by atoms with van der Waals surface area (Å²) in [7, 11) is 1.49. The number of fused-ring (bicyclic) bond motifs is 3. The van der Waals surface area contributed by atoms with E-state index in [0.717, 1.165) is 4.90 Å². The summed E-state index contributed by atoms with van der Waals surface area (Å²) in [5, 5.41) is 2.97. The highest BCUT2D eigenvalue weighted by Gasteiger charge is 2.58. The van der Waals surface area contributed by atoms with Gasteiger partial charge >= 0.3 is 5.97 Å². The molecule has 0 unspecified atom stereocenters. The second-order valence-electron chi connectivity index (χ2n) is 6.56. The van der Waals surface area contributed by atoms with Crippen LogP contribution < -0.4 is 15.0 Å². The zero-order valence-electron chi connectivity index (χ0n) is 15.4. The number of methoxy groups -OCH3 is 1. The number of carbonyl (C=O) groups excluding carboxylic acids is 3. The van der Waals surface area contributed by atoms with Gasteiger partial charge in [0.1, 0.15) is 5.75 Å². The molecule has 1 fully saturated rings. The fourth-order valence-corrected chi connectivity index (χ4v) is 5.13. The van der Waals surface area contributed by atoms with Crippen molar-refractivity contribution in [3.8, 4) is 5.75 Å². The van der Waals surface area contributed by atoms with Gasteiger partial charge in [0.2, 0.25) is 5.91 Å². The Labute approximate surface area is 176 Å². The van der Waals surface area contributed by atoms with Gasteiger partial charge in [-0.2, -0.15) is 0 Å². The molecule has 7 nitrogen and oxygen atoms in total. The lowest BCUT2D eigenvalue weighted by Gasteiger charge is -2.28. The van der Waals surface area contributed by atoms with Crippen LogP contribution in [-0.2, 0) is 19.1 Å². The van der Waals surface area contributed by atoms with E-state index in [1.807, 2.05) is 18.2 Å². The van der Waals surface area contributed by atoms with E-state index in [4.69, 9.17) is 21.1 Å². The Kier molecular flexibility index (Phi) is 5.14. The highest BCUT2D eigenvalue weighted by Crippen LogP contribution is 2.56. The quantitative estimate of drug-likeness (QED) is 0.728. The molecular weight excluding hydrogens is 416 g/mol. The molecule has 1 N–H and O–H groups in total. The minimum Gasteiger partial charge on any atom is -0.495 e. The number of anilines is 2. The zero-order valence-corrected chi connectivity index (χ0v) is 17.0. The Morgan fingerprint density at radius 1 is 1.28 bits per heavy atom. The second kappa shape index (κ2) is 7.61. The Morgan fingerprint density at radius 2 is 2.07 bits per heavy atom. The van der Waals surface area contributed by atoms with Gasteiger partial charge in [-0.25, -0.2) is 4.79 Å². The monoisotopic (exact) mass is 432 g/mol. The number of ether oxygens (including phenoxy) is 2. The predicted octanol–water partition coefficient (Wildman–Crippen LogP) is 3.46. The topological polar surface area (TPSA) is 84.9 Å². The Morgan fingerprint density at radius 3 is 2.83 bits per heavy atom. The molecule has 2 aliphatic heterocycles. The van der Waals surface area contributed by atoms with Crippen LogP contribution in [-0.4, -0.2) is 36.4 Å². The summed E-state index contributed by atoms with van der Waals surface area (Å²) in [6.07, 6.45) is 0.590. The maximum Gasteiger partial charge on any atom is 0.344 e. The van der Waals surface area contributed by atoms with Gasteiger partial charge in [0.05, 0.1) is 17.8 Å². The van der Waals surface area contributed by atoms with Crippen molar-refractivity contribution >= 4 is 52.5 Å². The summed E-state index contributed by atoms with van der Waals surface area (Å²) in [6.45, 7) is -0.469. The predicted molar refractivity (Wildman–Crippen MR) is 109 cm³/mol. The summed E-state index contributed by atoms with van der Waals surface area (Å²) >= 11 is 7.34. The summed E-state index contributed by atoms with van der Waals surface area (Å²) < 4.78 is 10.4. The Bertz CT molecular complexity index is 1010. The van der Waals surface area contributed by atoms with Gasteiger partial charge in [0.25, 0.3) is 5.91 Å². The number of thioether (sulfide) groups is 1. The number of halogens is 1. The van der Waals surface area contributed by atoms with Crippen molar-refractivity contribution < 1.29 is 23.9 Å². The lowest BCUT2D eigenvalue weighted by molar-refractivity contribution is -0.149. The van der Waals surface area contributed by atoms with Gasteiger partial charge in [0.15, 0.2) is 11.5 Å². The SMILES string of the molecule is COc1ccc(NC(=O)COC(=O)[C@]23CCC(=O)N2c2ccccc2S3)cc1Cl. The van der Waals surface area contributed by atoms with E-state index in [2.05, 4.69) is 5.32 Å². The smallest absolute Gasteiger partial charge is 0.344 e. The molecule has 9 heteroatoms. The van der Waals surface area contributed by atoms with Crippen molar-refractivity contribution in [2.24, 2.45) is 0 Å². The number of para-hydroxylation sites is 1. The molecule has 1 saturated heterocycles. The van der Waals surface area contributed by atoms with Gasteiger partial charge in [0, 0.05) is 23.4 Å². The van der Waals surface area contributed by atoms with E-state index >= 15 is 0 Å². The van der Waals surface area contributed by atoms with E-state index in [1.165, 1.54) is 23.8 Å². The molecule has 2 amide bonds. The number of nitrogens with zero attached hydrogens (tertiary/aromatic N) is 1. The van der Waals surface area contributed by atoms with E-state index in [-0.39, 0.29) is 12.3 Å². The molecule has 0 saturated carbocycles. The molecule has 0 bridgehead atoms. The van der Waals surface area contributed by atoms with Crippen molar-refractivity contribution in [2.45, 2.75) is 22.6 Å². The number of amides is 2. The molecule has 4 rings (SSSR count). The van der Waals surface area contributed by atoms with Crippen molar-refractivity contribution in [1.82, 2.24) is 0 Å². The van der Waals surface area contributed by atoms with Crippen LogP contribution in [0.3, 0.4) is 0 Å². The van der Waals surface area contributed by atoms with Crippen LogP contribution in [0, 0.1) is 0 Å². The molecule has 0 spiro atoms. The van der Waals surface area contributed by atoms with Crippen molar-refractivity contribution in [3.63, 3.8) is 0 Å². The number of nitrogens with one attached hydrogen (secondary N) is 1. The molecular formula is C20H17ClN2O5S. The first-order valence-electron chi connectivity index (χ1n) is 8.86. The number of benzene rings is 2. The normalized spacial score (nSPS) is 19.5. The fraction of sp³-hybridized carbons (Fsp3) is 0.250. The van der Waals surface area contributed by atoms with Gasteiger partial charge in [-0.3, -0.25) is 14.5 Å². The van der Waals surface area contributed by atoms with Gasteiger partial charge in [-0.15, -0.1) is 0 Å². The average molecular weight is 433 g/mol. The highest BCUT2D eigenvalue weighted by atomic mass is 35.5. The first-order valence-corrected chi connectivity index (χ1v) is 10.1. The third-order valence-electron chi connectivity index (χ3n) is 4.76. The van der Waals surface area contributed by atoms with Crippen LogP contribution in [0.2, 0.25) is 5.02 Å². The van der Waals surface area contributed by atoms with E-state index in [9.17, 15) is 14.4 Å². The lowest BCUT2D eigenvalue weighted by atomic mass is 10.2. The maximum atomic E-state index is 12.9. The van der Waals surface area contributed by atoms with Gasteiger partial charge in [-0.1, -0.05) is 35.5 Å². The molecule has 0 aliphatic carbocycles. The molecule has 0 aromatic heterocycles. The molecule has 150 valence electrons. The first kappa shape index (κ1) is 19.6. The van der Waals surface area contributed by atoms with E-state index < -0.39 is 23.4 Å². The molecule has 29 heavy (non-hydrogen) atoms. The average Bonchev–Trinajstić information content (AvgIpc) is 3.22. The first-order chi connectivity index (χ1) is 13.9. The third-order valence-corrected chi connectivity index (χ3v) is 6.51. The molecule has 0 radical (unpaired) electrons. The molecule has 2 aromatic carbocycles. The number of hydrogen-bond donors (Lipinski definition) is 1. The lowest BCUT2D eigenvalue weighted by Crippen LogP contribution is -2.48. The molecule has 2 heterocycles. The minimum absolute atomic E-state index is 0.128. The zero-order chi connectivity index (χ0) is 20.6. The summed E-state index contributed by atoms with van der Waals surface area (Å²) in [4.78, 5) is 38.7. The number of esters is 1. The summed E-state index contributed by atoms with van der Waals surface area (Å²) in [5.41, 5.74) is 1.16. The molecule has 1 atom stereocenters. The van der Waals surface area contributed by atoms with Crippen LogP contribution in [0.1, 0.15) is 12.8 Å². The Balaban J connectivity index is 1.43. The maximum absolute atomic E-state index is 12.9. The van der Waals surface area contributed by atoms with Crippen LogP contribution in [0.5, 0.6) is 5.75 Å². The van der Waals surface area contributed by atoms with Crippen molar-refractivity contribution in [2.75, 3.05) is 23.9 Å². The van der Waals surface area contributed by atoms with Crippen molar-refractivity contribution in [3.05, 3.63) is 47.5 Å². The standard InChI is InChI=1S/C20H17ClN2O5S/c1-27-15-7-6-12(10-13(15)21)22-17(24)11-28-19(26)20-9-8-18(25)23(20)14-4-2-3-5-16(14)29-20/h2-7,10H,8-9,11H2,1H3,(H,22,24)/t20-/m1/s1. The van der Waals surface area contributed by atoms with Crippen LogP contribution in [0.25, 0.3) is 0 Å². The van der Waals surface area contributed by atoms with Crippen LogP contribution >= 0.6 is 23.4 Å². The molecule has 2 aromatic rings. The van der Waals surface area contributed by atoms with E-state index in [0.29, 0.717) is 28.6 Å². The van der Waals surface area contributed by atoms with Gasteiger partial charge < -0.3 is 14.8 Å². The van der Waals surface area contributed by atoms with Gasteiger partial charge in [-0.05, 0) is 30.3 Å². The summed E-state index contributed by atoms with van der Waals surface area (Å²) in [5.74, 6) is -0.754. The fourth-order valence-electron chi connectivity index (χ4n) is 3.46. The number of carbonyl (C=O) groups is 3. The second-order valence-corrected chi connectivity index (χ2v) is 8.28. The number of hydrogen-bond acceptors (Lipinski definition) is 6. The largest absolute Gasteiger partial charge is 0.495 e. The van der Waals surface area contributed by atoms with Crippen LogP contribution in [0.4, 0.5) is 11.4 Å².